The molecule has 7 heteroatoms. The van der Waals surface area contributed by atoms with E-state index in [1.54, 1.807) is 7.11 Å². The topological polar surface area (TPSA) is 77.3 Å². The van der Waals surface area contributed by atoms with Gasteiger partial charge in [0.15, 0.2) is 0 Å². The van der Waals surface area contributed by atoms with Gasteiger partial charge in [0.2, 0.25) is 5.82 Å². The standard InChI is InChI=1S/C8H10ClN3O3/c1-15-3-2-10-8-7(12(13)14)4-6(9)5-11-8/h4-5H,2-3H2,1H3,(H,10,11). The highest BCUT2D eigenvalue weighted by Crippen LogP contribution is 2.24. The monoisotopic (exact) mass is 231 g/mol. The van der Waals surface area contributed by atoms with E-state index in [2.05, 4.69) is 10.3 Å². The molecule has 0 aliphatic carbocycles. The van der Waals surface area contributed by atoms with Gasteiger partial charge in [0.25, 0.3) is 0 Å². The van der Waals surface area contributed by atoms with E-state index in [9.17, 15) is 10.1 Å². The Morgan fingerprint density at radius 1 is 1.73 bits per heavy atom. The maximum Gasteiger partial charge on any atom is 0.312 e. The average Bonchev–Trinajstić information content (AvgIpc) is 2.20. The van der Waals surface area contributed by atoms with Crippen molar-refractivity contribution >= 4 is 23.1 Å². The largest absolute Gasteiger partial charge is 0.383 e. The number of hydrogen-bond donors (Lipinski definition) is 1. The van der Waals surface area contributed by atoms with E-state index < -0.39 is 4.92 Å². The van der Waals surface area contributed by atoms with E-state index in [1.807, 2.05) is 0 Å². The summed E-state index contributed by atoms with van der Waals surface area (Å²) in [5, 5.41) is 13.7. The Kier molecular flexibility index (Phi) is 4.26. The molecule has 0 aromatic carbocycles. The van der Waals surface area contributed by atoms with Crippen molar-refractivity contribution in [3.63, 3.8) is 0 Å². The summed E-state index contributed by atoms with van der Waals surface area (Å²) < 4.78 is 4.80. The Balaban J connectivity index is 2.81. The molecule has 0 bridgehead atoms. The normalized spacial score (nSPS) is 10.0. The molecule has 1 N–H and O–H groups in total. The molecule has 15 heavy (non-hydrogen) atoms. The van der Waals surface area contributed by atoms with Crippen LogP contribution < -0.4 is 5.32 Å². The van der Waals surface area contributed by atoms with Crippen molar-refractivity contribution in [1.82, 2.24) is 4.98 Å². The van der Waals surface area contributed by atoms with Crippen LogP contribution in [0.5, 0.6) is 0 Å². The Labute approximate surface area is 91.4 Å². The van der Waals surface area contributed by atoms with Crippen LogP contribution in [0.2, 0.25) is 5.02 Å². The van der Waals surface area contributed by atoms with Crippen molar-refractivity contribution in [2.45, 2.75) is 0 Å². The highest BCUT2D eigenvalue weighted by atomic mass is 35.5. The molecule has 0 atom stereocenters. The molecular formula is C8H10ClN3O3. The first-order valence-corrected chi connectivity index (χ1v) is 4.55. The molecule has 0 unspecified atom stereocenters. The lowest BCUT2D eigenvalue weighted by Crippen LogP contribution is -2.10. The Morgan fingerprint density at radius 2 is 2.47 bits per heavy atom. The third-order valence-corrected chi connectivity index (χ3v) is 1.84. The van der Waals surface area contributed by atoms with E-state index in [-0.39, 0.29) is 16.5 Å². The Morgan fingerprint density at radius 3 is 3.07 bits per heavy atom. The smallest absolute Gasteiger partial charge is 0.312 e. The van der Waals surface area contributed by atoms with Crippen molar-refractivity contribution in [2.24, 2.45) is 0 Å². The quantitative estimate of drug-likeness (QED) is 0.474. The van der Waals surface area contributed by atoms with E-state index in [0.717, 1.165) is 0 Å². The highest BCUT2D eigenvalue weighted by Gasteiger charge is 2.15. The molecule has 82 valence electrons. The van der Waals surface area contributed by atoms with Gasteiger partial charge in [0.05, 0.1) is 16.6 Å². The molecule has 0 radical (unpaired) electrons. The van der Waals surface area contributed by atoms with Gasteiger partial charge in [-0.1, -0.05) is 11.6 Å². The first-order chi connectivity index (χ1) is 7.15. The fourth-order valence-electron chi connectivity index (χ4n) is 0.975. The number of ether oxygens (including phenoxy) is 1. The number of rotatable bonds is 5. The molecule has 6 nitrogen and oxygen atoms in total. The summed E-state index contributed by atoms with van der Waals surface area (Å²) in [5.41, 5.74) is -0.140. The summed E-state index contributed by atoms with van der Waals surface area (Å²) >= 11 is 5.60. The van der Waals surface area contributed by atoms with Crippen molar-refractivity contribution in [3.05, 3.63) is 27.4 Å². The summed E-state index contributed by atoms with van der Waals surface area (Å²) in [5.74, 6) is 0.196. The zero-order chi connectivity index (χ0) is 11.3. The second kappa shape index (κ2) is 5.47. The maximum absolute atomic E-state index is 10.6. The Hall–Kier alpha value is -1.40. The molecule has 1 rings (SSSR count). The first-order valence-electron chi connectivity index (χ1n) is 4.18. The number of aromatic nitrogens is 1. The fourth-order valence-corrected chi connectivity index (χ4v) is 1.13. The molecule has 0 fully saturated rings. The summed E-state index contributed by atoms with van der Waals surface area (Å²) in [4.78, 5) is 13.9. The number of nitrogens with one attached hydrogen (secondary N) is 1. The van der Waals surface area contributed by atoms with Crippen molar-refractivity contribution in [1.29, 1.82) is 0 Å². The second-order valence-corrected chi connectivity index (χ2v) is 3.13. The molecule has 1 aromatic rings. The molecule has 1 heterocycles. The van der Waals surface area contributed by atoms with Gasteiger partial charge in [-0.2, -0.15) is 0 Å². The maximum atomic E-state index is 10.6. The zero-order valence-corrected chi connectivity index (χ0v) is 8.82. The lowest BCUT2D eigenvalue weighted by Gasteiger charge is -2.05. The number of nitrogens with zero attached hydrogens (tertiary/aromatic N) is 2. The zero-order valence-electron chi connectivity index (χ0n) is 8.07. The molecular weight excluding hydrogens is 222 g/mol. The fraction of sp³-hybridized carbons (Fsp3) is 0.375. The molecule has 0 saturated heterocycles. The number of anilines is 1. The highest BCUT2D eigenvalue weighted by molar-refractivity contribution is 6.30. The summed E-state index contributed by atoms with van der Waals surface area (Å²) in [6.45, 7) is 0.896. The molecule has 0 aliphatic rings. The number of nitro groups is 1. The molecule has 0 spiro atoms. The minimum Gasteiger partial charge on any atom is -0.383 e. The van der Waals surface area contributed by atoms with E-state index in [1.165, 1.54) is 12.3 Å². The van der Waals surface area contributed by atoms with Crippen LogP contribution in [-0.4, -0.2) is 30.2 Å². The van der Waals surface area contributed by atoms with Crippen molar-refractivity contribution < 1.29 is 9.66 Å². The molecule has 0 amide bonds. The van der Waals surface area contributed by atoms with Gasteiger partial charge in [-0.15, -0.1) is 0 Å². The summed E-state index contributed by atoms with van der Waals surface area (Å²) in [6, 6.07) is 1.25. The van der Waals surface area contributed by atoms with E-state index >= 15 is 0 Å². The molecule has 0 saturated carbocycles. The SMILES string of the molecule is COCCNc1ncc(Cl)cc1[N+](=O)[O-]. The second-order valence-electron chi connectivity index (χ2n) is 2.70. The number of hydrogen-bond acceptors (Lipinski definition) is 5. The third-order valence-electron chi connectivity index (χ3n) is 1.63. The van der Waals surface area contributed by atoms with Crippen molar-refractivity contribution in [3.8, 4) is 0 Å². The Bertz CT molecular complexity index is 359. The summed E-state index contributed by atoms with van der Waals surface area (Å²) in [6.07, 6.45) is 1.35. The first kappa shape index (κ1) is 11.7. The predicted octanol–water partition coefficient (Wildman–Crippen LogP) is 1.70. The van der Waals surface area contributed by atoms with Gasteiger partial charge in [0, 0.05) is 25.9 Å². The average molecular weight is 232 g/mol. The number of halogens is 1. The van der Waals surface area contributed by atoms with E-state index in [0.29, 0.717) is 13.2 Å². The van der Waals surface area contributed by atoms with Gasteiger partial charge in [-0.3, -0.25) is 10.1 Å². The predicted molar refractivity (Wildman–Crippen MR) is 56.3 cm³/mol. The van der Waals surface area contributed by atoms with Gasteiger partial charge in [-0.05, 0) is 0 Å². The lowest BCUT2D eigenvalue weighted by atomic mass is 10.4. The molecule has 1 aromatic heterocycles. The van der Waals surface area contributed by atoms with Crippen LogP contribution in [0.25, 0.3) is 0 Å². The minimum absolute atomic E-state index is 0.140. The molecule has 0 aliphatic heterocycles. The van der Waals surface area contributed by atoms with Crippen LogP contribution >= 0.6 is 11.6 Å². The van der Waals surface area contributed by atoms with Crippen molar-refractivity contribution in [2.75, 3.05) is 25.6 Å². The van der Waals surface area contributed by atoms with Gasteiger partial charge in [0.1, 0.15) is 0 Å². The number of methoxy groups -OCH3 is 1. The van der Waals surface area contributed by atoms with Gasteiger partial charge >= 0.3 is 5.69 Å². The number of pyridine rings is 1. The van der Waals surface area contributed by atoms with Crippen LogP contribution in [0, 0.1) is 10.1 Å². The third kappa shape index (κ3) is 3.34. The van der Waals surface area contributed by atoms with Crippen LogP contribution in [0.15, 0.2) is 12.3 Å². The van der Waals surface area contributed by atoms with Gasteiger partial charge in [-0.25, -0.2) is 4.98 Å². The van der Waals surface area contributed by atoms with Crippen LogP contribution in [-0.2, 0) is 4.74 Å². The van der Waals surface area contributed by atoms with E-state index in [4.69, 9.17) is 16.3 Å². The van der Waals surface area contributed by atoms with Crippen LogP contribution in [0.1, 0.15) is 0 Å². The lowest BCUT2D eigenvalue weighted by molar-refractivity contribution is -0.384. The van der Waals surface area contributed by atoms with Crippen LogP contribution in [0.3, 0.4) is 0 Å². The summed E-state index contributed by atoms with van der Waals surface area (Å²) in [7, 11) is 1.55. The minimum atomic E-state index is -0.534. The van der Waals surface area contributed by atoms with Crippen LogP contribution in [0.4, 0.5) is 11.5 Å². The van der Waals surface area contributed by atoms with Gasteiger partial charge < -0.3 is 10.1 Å².